The van der Waals surface area contributed by atoms with Gasteiger partial charge in [0.15, 0.2) is 0 Å². The second kappa shape index (κ2) is 8.29. The zero-order chi connectivity index (χ0) is 19.3. The number of ether oxygens (including phenoxy) is 3. The zero-order valence-corrected chi connectivity index (χ0v) is 16.4. The van der Waals surface area contributed by atoms with Gasteiger partial charge in [-0.3, -0.25) is 0 Å². The first-order valence-electron chi connectivity index (χ1n) is 8.85. The van der Waals surface area contributed by atoms with Crippen LogP contribution in [0.25, 0.3) is 0 Å². The van der Waals surface area contributed by atoms with E-state index < -0.39 is 10.0 Å². The van der Waals surface area contributed by atoms with E-state index in [0.29, 0.717) is 25.5 Å². The molecule has 1 aliphatic rings. The van der Waals surface area contributed by atoms with Gasteiger partial charge in [0.2, 0.25) is 10.0 Å². The quantitative estimate of drug-likeness (QED) is 0.786. The van der Waals surface area contributed by atoms with Crippen LogP contribution in [0.15, 0.2) is 53.4 Å². The molecule has 1 aliphatic heterocycles. The summed E-state index contributed by atoms with van der Waals surface area (Å²) in [6.07, 6.45) is 1.50. The van der Waals surface area contributed by atoms with E-state index in [1.807, 2.05) is 24.3 Å². The van der Waals surface area contributed by atoms with Gasteiger partial charge in [0.25, 0.3) is 0 Å². The van der Waals surface area contributed by atoms with Crippen LogP contribution < -0.4 is 14.2 Å². The monoisotopic (exact) mass is 391 g/mol. The Balaban J connectivity index is 1.84. The molecular weight excluding hydrogens is 366 g/mol. The Hall–Kier alpha value is -2.09. The zero-order valence-electron chi connectivity index (χ0n) is 15.6. The van der Waals surface area contributed by atoms with Crippen LogP contribution in [0.1, 0.15) is 18.4 Å². The third-order valence-electron chi connectivity index (χ3n) is 5.10. The summed E-state index contributed by atoms with van der Waals surface area (Å²) in [5, 5.41) is 0. The molecule has 1 N–H and O–H groups in total. The van der Waals surface area contributed by atoms with E-state index in [9.17, 15) is 8.42 Å². The van der Waals surface area contributed by atoms with Gasteiger partial charge in [0, 0.05) is 31.2 Å². The van der Waals surface area contributed by atoms with Crippen LogP contribution in [-0.4, -0.2) is 42.4 Å². The number of nitrogens with one attached hydrogen (secondary N) is 1. The Labute approximate surface area is 160 Å². The van der Waals surface area contributed by atoms with Crippen LogP contribution in [0.4, 0.5) is 0 Å². The fraction of sp³-hybridized carbons (Fsp3) is 0.400. The van der Waals surface area contributed by atoms with Gasteiger partial charge < -0.3 is 14.2 Å². The second-order valence-electron chi connectivity index (χ2n) is 6.62. The van der Waals surface area contributed by atoms with Crippen LogP contribution >= 0.6 is 0 Å². The molecule has 1 heterocycles. The molecule has 0 spiro atoms. The minimum Gasteiger partial charge on any atom is -0.497 e. The Morgan fingerprint density at radius 3 is 2.30 bits per heavy atom. The highest BCUT2D eigenvalue weighted by molar-refractivity contribution is 7.89. The van der Waals surface area contributed by atoms with Crippen molar-refractivity contribution in [3.8, 4) is 11.5 Å². The highest BCUT2D eigenvalue weighted by Crippen LogP contribution is 2.35. The molecule has 0 aliphatic carbocycles. The molecule has 27 heavy (non-hydrogen) atoms. The summed E-state index contributed by atoms with van der Waals surface area (Å²) in [4.78, 5) is 0.193. The van der Waals surface area contributed by atoms with Crippen LogP contribution in [-0.2, 0) is 20.2 Å². The fourth-order valence-electron chi connectivity index (χ4n) is 3.36. The molecule has 2 aromatic carbocycles. The van der Waals surface area contributed by atoms with Crippen molar-refractivity contribution in [2.75, 3.05) is 34.0 Å². The van der Waals surface area contributed by atoms with Gasteiger partial charge in [-0.25, -0.2) is 13.1 Å². The summed E-state index contributed by atoms with van der Waals surface area (Å²) in [5.74, 6) is 1.28. The van der Waals surface area contributed by atoms with E-state index in [0.717, 1.165) is 24.2 Å². The number of hydrogen-bond acceptors (Lipinski definition) is 5. The van der Waals surface area contributed by atoms with Crippen molar-refractivity contribution in [3.05, 3.63) is 54.1 Å². The molecule has 1 fully saturated rings. The SMILES string of the molecule is COc1ccc(C2(CNS(=O)(=O)c3cccc(OC)c3)CCOCC2)cc1. The molecule has 0 atom stereocenters. The van der Waals surface area contributed by atoms with Crippen molar-refractivity contribution in [2.45, 2.75) is 23.2 Å². The first kappa shape index (κ1) is 19.7. The minimum absolute atomic E-state index is 0.193. The van der Waals surface area contributed by atoms with Crippen molar-refractivity contribution in [1.29, 1.82) is 0 Å². The summed E-state index contributed by atoms with van der Waals surface area (Å²) in [5.41, 5.74) is 0.774. The van der Waals surface area contributed by atoms with Crippen molar-refractivity contribution in [1.82, 2.24) is 4.72 Å². The van der Waals surface area contributed by atoms with Gasteiger partial charge in [0.1, 0.15) is 11.5 Å². The topological polar surface area (TPSA) is 73.9 Å². The van der Waals surface area contributed by atoms with E-state index in [2.05, 4.69) is 4.72 Å². The summed E-state index contributed by atoms with van der Waals surface area (Å²) < 4.78 is 44.3. The number of rotatable bonds is 7. The van der Waals surface area contributed by atoms with Crippen LogP contribution in [0.5, 0.6) is 11.5 Å². The highest BCUT2D eigenvalue weighted by Gasteiger charge is 2.35. The molecule has 0 aromatic heterocycles. The van der Waals surface area contributed by atoms with E-state index in [-0.39, 0.29) is 10.3 Å². The maximum Gasteiger partial charge on any atom is 0.240 e. The van der Waals surface area contributed by atoms with Crippen molar-refractivity contribution in [3.63, 3.8) is 0 Å². The summed E-state index contributed by atoms with van der Waals surface area (Å²) >= 11 is 0. The molecule has 0 radical (unpaired) electrons. The Morgan fingerprint density at radius 2 is 1.67 bits per heavy atom. The first-order chi connectivity index (χ1) is 13.0. The van der Waals surface area contributed by atoms with Gasteiger partial charge in [-0.1, -0.05) is 18.2 Å². The van der Waals surface area contributed by atoms with Crippen LogP contribution in [0.2, 0.25) is 0 Å². The Kier molecular flexibility index (Phi) is 6.04. The number of methoxy groups -OCH3 is 2. The highest BCUT2D eigenvalue weighted by atomic mass is 32.2. The number of sulfonamides is 1. The predicted octanol–water partition coefficient (Wildman–Crippen LogP) is 2.73. The Morgan fingerprint density at radius 1 is 1.00 bits per heavy atom. The van der Waals surface area contributed by atoms with E-state index in [1.54, 1.807) is 25.3 Å². The molecule has 7 heteroatoms. The van der Waals surface area contributed by atoms with Crippen LogP contribution in [0.3, 0.4) is 0 Å². The molecule has 6 nitrogen and oxygen atoms in total. The lowest BCUT2D eigenvalue weighted by Crippen LogP contribution is -2.44. The minimum atomic E-state index is -3.65. The molecular formula is C20H25NO5S. The van der Waals surface area contributed by atoms with E-state index in [1.165, 1.54) is 13.2 Å². The number of hydrogen-bond donors (Lipinski definition) is 1. The maximum absolute atomic E-state index is 12.8. The lowest BCUT2D eigenvalue weighted by atomic mass is 9.74. The van der Waals surface area contributed by atoms with Gasteiger partial charge in [-0.2, -0.15) is 0 Å². The van der Waals surface area contributed by atoms with E-state index >= 15 is 0 Å². The summed E-state index contributed by atoms with van der Waals surface area (Å²) in [6, 6.07) is 14.3. The third kappa shape index (κ3) is 4.43. The molecule has 2 aromatic rings. The standard InChI is InChI=1S/C20H25NO5S/c1-24-17-8-6-16(7-9-17)20(10-12-26-13-11-20)15-21-27(22,23)19-5-3-4-18(14-19)25-2/h3-9,14,21H,10-13,15H2,1-2H3. The molecule has 146 valence electrons. The van der Waals surface area contributed by atoms with Gasteiger partial charge in [-0.05, 0) is 42.7 Å². The molecule has 0 bridgehead atoms. The second-order valence-corrected chi connectivity index (χ2v) is 8.39. The molecule has 0 amide bonds. The van der Waals surface area contributed by atoms with Crippen molar-refractivity contribution >= 4 is 10.0 Å². The van der Waals surface area contributed by atoms with Gasteiger partial charge in [0.05, 0.1) is 19.1 Å². The fourth-order valence-corrected chi connectivity index (χ4v) is 4.52. The third-order valence-corrected chi connectivity index (χ3v) is 6.50. The Bertz CT molecular complexity index is 858. The molecule has 1 saturated heterocycles. The van der Waals surface area contributed by atoms with Gasteiger partial charge >= 0.3 is 0 Å². The average molecular weight is 391 g/mol. The van der Waals surface area contributed by atoms with Gasteiger partial charge in [-0.15, -0.1) is 0 Å². The van der Waals surface area contributed by atoms with Crippen molar-refractivity contribution in [2.24, 2.45) is 0 Å². The predicted molar refractivity (Wildman–Crippen MR) is 103 cm³/mol. The summed E-state index contributed by atoms with van der Waals surface area (Å²) in [6.45, 7) is 1.52. The van der Waals surface area contributed by atoms with Crippen molar-refractivity contribution < 1.29 is 22.6 Å². The maximum atomic E-state index is 12.8. The molecule has 0 unspecified atom stereocenters. The average Bonchev–Trinajstić information content (AvgIpc) is 2.73. The normalized spacial score (nSPS) is 16.7. The lowest BCUT2D eigenvalue weighted by Gasteiger charge is -2.38. The lowest BCUT2D eigenvalue weighted by molar-refractivity contribution is 0.0517. The largest absolute Gasteiger partial charge is 0.497 e. The first-order valence-corrected chi connectivity index (χ1v) is 10.3. The smallest absolute Gasteiger partial charge is 0.240 e. The van der Waals surface area contributed by atoms with E-state index in [4.69, 9.17) is 14.2 Å². The van der Waals surface area contributed by atoms with Crippen LogP contribution in [0, 0.1) is 0 Å². The number of benzene rings is 2. The molecule has 3 rings (SSSR count). The molecule has 0 saturated carbocycles. The summed E-state index contributed by atoms with van der Waals surface area (Å²) in [7, 11) is -0.506.